The Bertz CT molecular complexity index is 398. The molecular weight excluding hydrogens is 261 g/mol. The molecule has 1 N–H and O–H groups in total. The topological polar surface area (TPSA) is 12.0 Å². The van der Waals surface area contributed by atoms with Gasteiger partial charge in [-0.05, 0) is 48.9 Å². The number of hydrogen-bond donors (Lipinski definition) is 1. The van der Waals surface area contributed by atoms with E-state index in [0.717, 1.165) is 31.4 Å². The fourth-order valence-corrected chi connectivity index (χ4v) is 2.35. The highest BCUT2D eigenvalue weighted by Gasteiger charge is 2.18. The highest BCUT2D eigenvalue weighted by atomic mass is 35.5. The molecule has 108 valence electrons. The van der Waals surface area contributed by atoms with Crippen molar-refractivity contribution < 1.29 is 4.39 Å². The quantitative estimate of drug-likeness (QED) is 0.743. The van der Waals surface area contributed by atoms with Crippen molar-refractivity contribution in [3.05, 3.63) is 34.6 Å². The molecule has 3 heteroatoms. The van der Waals surface area contributed by atoms with Gasteiger partial charge in [-0.1, -0.05) is 45.4 Å². The van der Waals surface area contributed by atoms with E-state index in [0.29, 0.717) is 10.4 Å². The van der Waals surface area contributed by atoms with Gasteiger partial charge in [0, 0.05) is 11.1 Å². The molecule has 0 fully saturated rings. The summed E-state index contributed by atoms with van der Waals surface area (Å²) in [6.45, 7) is 9.78. The van der Waals surface area contributed by atoms with E-state index in [-0.39, 0.29) is 11.9 Å². The second kappa shape index (κ2) is 7.25. The predicted molar refractivity (Wildman–Crippen MR) is 81.1 cm³/mol. The molecule has 0 amide bonds. The van der Waals surface area contributed by atoms with Crippen LogP contribution in [0.3, 0.4) is 0 Å². The maximum absolute atomic E-state index is 13.1. The van der Waals surface area contributed by atoms with Crippen LogP contribution in [0.1, 0.15) is 58.6 Å². The van der Waals surface area contributed by atoms with Crippen LogP contribution >= 0.6 is 11.6 Å². The van der Waals surface area contributed by atoms with E-state index in [2.05, 4.69) is 33.0 Å². The minimum Gasteiger partial charge on any atom is -0.310 e. The molecule has 0 saturated heterocycles. The van der Waals surface area contributed by atoms with Gasteiger partial charge in [-0.3, -0.25) is 0 Å². The molecular formula is C16H25ClFN. The van der Waals surface area contributed by atoms with Crippen LogP contribution in [0.4, 0.5) is 4.39 Å². The van der Waals surface area contributed by atoms with E-state index in [1.54, 1.807) is 6.07 Å². The van der Waals surface area contributed by atoms with Crippen LogP contribution in [0, 0.1) is 11.2 Å². The molecule has 1 aromatic rings. The molecule has 0 saturated carbocycles. The maximum atomic E-state index is 13.1. The predicted octanol–water partition coefficient (Wildman–Crippen LogP) is 5.35. The van der Waals surface area contributed by atoms with Gasteiger partial charge in [0.05, 0.1) is 0 Å². The monoisotopic (exact) mass is 285 g/mol. The zero-order valence-corrected chi connectivity index (χ0v) is 13.1. The summed E-state index contributed by atoms with van der Waals surface area (Å²) in [6, 6.07) is 4.88. The summed E-state index contributed by atoms with van der Waals surface area (Å²) < 4.78 is 13.1. The Morgan fingerprint density at radius 2 is 2.00 bits per heavy atom. The standard InChI is InChI=1S/C16H25ClFN/c1-5-10-19-15(8-9-16(2,3)4)13-7-6-12(18)11-14(13)17/h6-7,11,15,19H,5,8-10H2,1-4H3. The number of hydrogen-bond acceptors (Lipinski definition) is 1. The molecule has 0 spiro atoms. The summed E-state index contributed by atoms with van der Waals surface area (Å²) in [7, 11) is 0. The first-order chi connectivity index (χ1) is 8.83. The number of halogens is 2. The highest BCUT2D eigenvalue weighted by Crippen LogP contribution is 2.31. The second-order valence-corrected chi connectivity index (χ2v) is 6.68. The largest absolute Gasteiger partial charge is 0.310 e. The first-order valence-corrected chi connectivity index (χ1v) is 7.39. The summed E-state index contributed by atoms with van der Waals surface area (Å²) in [5.74, 6) is -0.279. The van der Waals surface area contributed by atoms with Crippen molar-refractivity contribution in [3.8, 4) is 0 Å². The van der Waals surface area contributed by atoms with Gasteiger partial charge in [-0.15, -0.1) is 0 Å². The minimum atomic E-state index is -0.279. The number of rotatable bonds is 6. The SMILES string of the molecule is CCCNC(CCC(C)(C)C)c1ccc(F)cc1Cl. The zero-order chi connectivity index (χ0) is 14.5. The molecule has 0 aliphatic heterocycles. The lowest BCUT2D eigenvalue weighted by Crippen LogP contribution is -2.24. The van der Waals surface area contributed by atoms with Gasteiger partial charge in [0.2, 0.25) is 0 Å². The Balaban J connectivity index is 2.83. The third-order valence-corrected chi connectivity index (χ3v) is 3.49. The Morgan fingerprint density at radius 1 is 1.32 bits per heavy atom. The molecule has 0 heterocycles. The van der Waals surface area contributed by atoms with E-state index in [1.807, 2.05) is 0 Å². The molecule has 1 nitrogen and oxygen atoms in total. The van der Waals surface area contributed by atoms with E-state index in [1.165, 1.54) is 12.1 Å². The van der Waals surface area contributed by atoms with Crippen LogP contribution < -0.4 is 5.32 Å². The molecule has 0 aliphatic rings. The summed E-state index contributed by atoms with van der Waals surface area (Å²) in [6.07, 6.45) is 3.18. The van der Waals surface area contributed by atoms with Gasteiger partial charge < -0.3 is 5.32 Å². The lowest BCUT2D eigenvalue weighted by Gasteiger charge is -2.25. The Hall–Kier alpha value is -0.600. The average molecular weight is 286 g/mol. The molecule has 1 unspecified atom stereocenters. The fraction of sp³-hybridized carbons (Fsp3) is 0.625. The smallest absolute Gasteiger partial charge is 0.124 e. The van der Waals surface area contributed by atoms with Crippen LogP contribution in [0.5, 0.6) is 0 Å². The maximum Gasteiger partial charge on any atom is 0.124 e. The molecule has 19 heavy (non-hydrogen) atoms. The first-order valence-electron chi connectivity index (χ1n) is 7.02. The Morgan fingerprint density at radius 3 is 2.53 bits per heavy atom. The van der Waals surface area contributed by atoms with Crippen molar-refractivity contribution in [2.75, 3.05) is 6.54 Å². The molecule has 0 aliphatic carbocycles. The van der Waals surface area contributed by atoms with Gasteiger partial charge >= 0.3 is 0 Å². The highest BCUT2D eigenvalue weighted by molar-refractivity contribution is 6.31. The van der Waals surface area contributed by atoms with E-state index < -0.39 is 0 Å². The molecule has 0 aromatic heterocycles. The Labute approximate surface area is 121 Å². The molecule has 0 bridgehead atoms. The van der Waals surface area contributed by atoms with E-state index >= 15 is 0 Å². The third-order valence-electron chi connectivity index (χ3n) is 3.16. The van der Waals surface area contributed by atoms with Crippen molar-refractivity contribution in [3.63, 3.8) is 0 Å². The van der Waals surface area contributed by atoms with Gasteiger partial charge in [-0.25, -0.2) is 4.39 Å². The van der Waals surface area contributed by atoms with Gasteiger partial charge in [-0.2, -0.15) is 0 Å². The van der Waals surface area contributed by atoms with Crippen molar-refractivity contribution in [1.82, 2.24) is 5.32 Å². The average Bonchev–Trinajstić information content (AvgIpc) is 2.29. The van der Waals surface area contributed by atoms with Crippen LogP contribution in [-0.4, -0.2) is 6.54 Å². The fourth-order valence-electron chi connectivity index (χ4n) is 2.05. The van der Waals surface area contributed by atoms with Crippen molar-refractivity contribution in [2.45, 2.75) is 53.0 Å². The first kappa shape index (κ1) is 16.5. The number of nitrogens with one attached hydrogen (secondary N) is 1. The second-order valence-electron chi connectivity index (χ2n) is 6.27. The van der Waals surface area contributed by atoms with Crippen LogP contribution in [0.2, 0.25) is 5.02 Å². The van der Waals surface area contributed by atoms with Gasteiger partial charge in [0.1, 0.15) is 5.82 Å². The lowest BCUT2D eigenvalue weighted by atomic mass is 9.87. The van der Waals surface area contributed by atoms with Crippen molar-refractivity contribution in [2.24, 2.45) is 5.41 Å². The summed E-state index contributed by atoms with van der Waals surface area (Å²) in [5.41, 5.74) is 1.29. The van der Waals surface area contributed by atoms with Gasteiger partial charge in [0.15, 0.2) is 0 Å². The summed E-state index contributed by atoms with van der Waals surface area (Å²) >= 11 is 6.17. The molecule has 0 radical (unpaired) electrons. The molecule has 1 rings (SSSR count). The zero-order valence-electron chi connectivity index (χ0n) is 12.4. The number of benzene rings is 1. The minimum absolute atomic E-state index is 0.201. The van der Waals surface area contributed by atoms with Crippen LogP contribution in [0.25, 0.3) is 0 Å². The Kier molecular flexibility index (Phi) is 6.28. The van der Waals surface area contributed by atoms with Crippen LogP contribution in [0.15, 0.2) is 18.2 Å². The van der Waals surface area contributed by atoms with E-state index in [4.69, 9.17) is 11.6 Å². The van der Waals surface area contributed by atoms with E-state index in [9.17, 15) is 4.39 Å². The molecule has 1 aromatic carbocycles. The molecule has 1 atom stereocenters. The van der Waals surface area contributed by atoms with Crippen molar-refractivity contribution >= 4 is 11.6 Å². The normalized spacial score (nSPS) is 13.6. The lowest BCUT2D eigenvalue weighted by molar-refractivity contribution is 0.332. The van der Waals surface area contributed by atoms with Gasteiger partial charge in [0.25, 0.3) is 0 Å². The third kappa shape index (κ3) is 5.92. The van der Waals surface area contributed by atoms with Crippen molar-refractivity contribution in [1.29, 1.82) is 0 Å². The summed E-state index contributed by atoms with van der Waals surface area (Å²) in [5, 5.41) is 4.03. The summed E-state index contributed by atoms with van der Waals surface area (Å²) in [4.78, 5) is 0. The van der Waals surface area contributed by atoms with Crippen LogP contribution in [-0.2, 0) is 0 Å².